The van der Waals surface area contributed by atoms with Gasteiger partial charge in [0.25, 0.3) is 5.56 Å². The Morgan fingerprint density at radius 3 is 2.94 bits per heavy atom. The Hall–Kier alpha value is -1.95. The predicted molar refractivity (Wildman–Crippen MR) is 64.0 cm³/mol. The third kappa shape index (κ3) is 2.42. The molecule has 0 bridgehead atoms. The summed E-state index contributed by atoms with van der Waals surface area (Å²) in [7, 11) is 0. The lowest BCUT2D eigenvalue weighted by atomic mass is 10.2. The SMILES string of the molecule is C[C@@H](CCN)n1nc(-n2ccnc2)ccc1=O. The number of imidazole rings is 1. The van der Waals surface area contributed by atoms with E-state index in [1.165, 1.54) is 10.7 Å². The smallest absolute Gasteiger partial charge is 0.267 e. The standard InChI is InChI=1S/C11H15N5O/c1-9(4-5-12)16-11(17)3-2-10(14-16)15-7-6-13-8-15/h2-3,6-9H,4-5,12H2,1H3/t9-/m0/s1. The van der Waals surface area contributed by atoms with Gasteiger partial charge in [-0.1, -0.05) is 0 Å². The summed E-state index contributed by atoms with van der Waals surface area (Å²) in [5, 5.41) is 4.30. The van der Waals surface area contributed by atoms with E-state index in [4.69, 9.17) is 5.73 Å². The highest BCUT2D eigenvalue weighted by atomic mass is 16.1. The molecule has 2 rings (SSSR count). The molecule has 0 unspecified atom stereocenters. The van der Waals surface area contributed by atoms with Crippen LogP contribution in [0.1, 0.15) is 19.4 Å². The van der Waals surface area contributed by atoms with Gasteiger partial charge in [-0.05, 0) is 26.0 Å². The third-order valence-electron chi connectivity index (χ3n) is 2.58. The molecule has 0 saturated heterocycles. The Bertz CT molecular complexity index is 531. The molecule has 2 aromatic heterocycles. The first kappa shape index (κ1) is 11.5. The first-order valence-electron chi connectivity index (χ1n) is 5.50. The molecule has 90 valence electrons. The molecule has 6 heteroatoms. The normalized spacial score (nSPS) is 12.6. The van der Waals surface area contributed by atoms with Gasteiger partial charge in [-0.2, -0.15) is 5.10 Å². The summed E-state index contributed by atoms with van der Waals surface area (Å²) >= 11 is 0. The second-order valence-electron chi connectivity index (χ2n) is 3.87. The second-order valence-corrected chi connectivity index (χ2v) is 3.87. The fraction of sp³-hybridized carbons (Fsp3) is 0.364. The van der Waals surface area contributed by atoms with Gasteiger partial charge in [0, 0.05) is 18.5 Å². The van der Waals surface area contributed by atoms with E-state index in [-0.39, 0.29) is 11.6 Å². The van der Waals surface area contributed by atoms with Crippen molar-refractivity contribution in [2.24, 2.45) is 5.73 Å². The molecule has 0 aliphatic carbocycles. The van der Waals surface area contributed by atoms with Crippen molar-refractivity contribution in [2.75, 3.05) is 6.54 Å². The number of nitrogens with zero attached hydrogens (tertiary/aromatic N) is 4. The maximum Gasteiger partial charge on any atom is 0.267 e. The molecule has 0 spiro atoms. The van der Waals surface area contributed by atoms with Crippen molar-refractivity contribution in [1.29, 1.82) is 0 Å². The van der Waals surface area contributed by atoms with E-state index in [0.29, 0.717) is 12.4 Å². The van der Waals surface area contributed by atoms with E-state index < -0.39 is 0 Å². The fourth-order valence-electron chi connectivity index (χ4n) is 1.63. The zero-order valence-corrected chi connectivity index (χ0v) is 9.65. The van der Waals surface area contributed by atoms with Crippen LogP contribution in [-0.4, -0.2) is 25.9 Å². The highest BCUT2D eigenvalue weighted by Gasteiger charge is 2.08. The van der Waals surface area contributed by atoms with Crippen LogP contribution in [-0.2, 0) is 0 Å². The predicted octanol–water partition coefficient (Wildman–Crippen LogP) is 0.339. The Labute approximate surface area is 98.7 Å². The molecule has 0 aliphatic rings. The molecule has 0 aliphatic heterocycles. The number of nitrogens with two attached hydrogens (primary N) is 1. The highest BCUT2D eigenvalue weighted by molar-refractivity contribution is 5.19. The minimum atomic E-state index is -0.116. The van der Waals surface area contributed by atoms with E-state index >= 15 is 0 Å². The molecule has 2 N–H and O–H groups in total. The van der Waals surface area contributed by atoms with Crippen molar-refractivity contribution in [2.45, 2.75) is 19.4 Å². The van der Waals surface area contributed by atoms with E-state index in [1.54, 1.807) is 29.4 Å². The maximum absolute atomic E-state index is 11.7. The molecule has 2 aromatic rings. The Kier molecular flexibility index (Phi) is 3.34. The van der Waals surface area contributed by atoms with E-state index in [1.807, 2.05) is 6.92 Å². The van der Waals surface area contributed by atoms with Gasteiger partial charge in [-0.25, -0.2) is 9.67 Å². The van der Waals surface area contributed by atoms with Crippen LogP contribution in [0.4, 0.5) is 0 Å². The average molecular weight is 233 g/mol. The second kappa shape index (κ2) is 4.92. The van der Waals surface area contributed by atoms with Gasteiger partial charge in [-0.3, -0.25) is 9.36 Å². The summed E-state index contributed by atoms with van der Waals surface area (Å²) in [5.41, 5.74) is 5.38. The number of hydrogen-bond acceptors (Lipinski definition) is 4. The molecule has 0 aromatic carbocycles. The number of hydrogen-bond donors (Lipinski definition) is 1. The van der Waals surface area contributed by atoms with Crippen molar-refractivity contribution in [3.63, 3.8) is 0 Å². The molecular weight excluding hydrogens is 218 g/mol. The van der Waals surface area contributed by atoms with Crippen molar-refractivity contribution in [1.82, 2.24) is 19.3 Å². The lowest BCUT2D eigenvalue weighted by Crippen LogP contribution is -2.27. The molecule has 0 amide bonds. The summed E-state index contributed by atoms with van der Waals surface area (Å²) in [6.07, 6.45) is 5.82. The van der Waals surface area contributed by atoms with Crippen LogP contribution >= 0.6 is 0 Å². The van der Waals surface area contributed by atoms with E-state index in [2.05, 4.69) is 10.1 Å². The fourth-order valence-corrected chi connectivity index (χ4v) is 1.63. The molecule has 1 atom stereocenters. The molecule has 0 radical (unpaired) electrons. The van der Waals surface area contributed by atoms with Crippen molar-refractivity contribution in [3.8, 4) is 5.82 Å². The topological polar surface area (TPSA) is 78.7 Å². The summed E-state index contributed by atoms with van der Waals surface area (Å²) in [4.78, 5) is 15.6. The molecule has 0 fully saturated rings. The van der Waals surface area contributed by atoms with E-state index in [9.17, 15) is 4.79 Å². The quantitative estimate of drug-likeness (QED) is 0.825. The first-order chi connectivity index (χ1) is 8.22. The monoisotopic (exact) mass is 233 g/mol. The lowest BCUT2D eigenvalue weighted by Gasteiger charge is -2.13. The highest BCUT2D eigenvalue weighted by Crippen LogP contribution is 2.06. The summed E-state index contributed by atoms with van der Waals surface area (Å²) in [6.45, 7) is 2.46. The minimum absolute atomic E-state index is 0.00373. The van der Waals surface area contributed by atoms with Crippen LogP contribution in [0.15, 0.2) is 35.6 Å². The summed E-state index contributed by atoms with van der Waals surface area (Å²) < 4.78 is 3.22. The maximum atomic E-state index is 11.7. The number of rotatable bonds is 4. The summed E-state index contributed by atoms with van der Waals surface area (Å²) in [6, 6.07) is 3.18. The van der Waals surface area contributed by atoms with Crippen LogP contribution in [0, 0.1) is 0 Å². The van der Waals surface area contributed by atoms with Crippen LogP contribution in [0.5, 0.6) is 0 Å². The van der Waals surface area contributed by atoms with Crippen LogP contribution in [0.2, 0.25) is 0 Å². The molecule has 0 saturated carbocycles. The Morgan fingerprint density at radius 1 is 1.47 bits per heavy atom. The zero-order valence-electron chi connectivity index (χ0n) is 9.65. The van der Waals surface area contributed by atoms with Gasteiger partial charge in [0.2, 0.25) is 0 Å². The van der Waals surface area contributed by atoms with Gasteiger partial charge in [0.05, 0.1) is 6.04 Å². The van der Waals surface area contributed by atoms with Gasteiger partial charge in [-0.15, -0.1) is 0 Å². The largest absolute Gasteiger partial charge is 0.330 e. The summed E-state index contributed by atoms with van der Waals surface area (Å²) in [5.74, 6) is 0.672. The van der Waals surface area contributed by atoms with Crippen LogP contribution in [0.25, 0.3) is 5.82 Å². The van der Waals surface area contributed by atoms with Crippen LogP contribution in [0.3, 0.4) is 0 Å². The van der Waals surface area contributed by atoms with Crippen molar-refractivity contribution < 1.29 is 0 Å². The first-order valence-corrected chi connectivity index (χ1v) is 5.50. The van der Waals surface area contributed by atoms with Crippen molar-refractivity contribution >= 4 is 0 Å². The molecule has 17 heavy (non-hydrogen) atoms. The zero-order chi connectivity index (χ0) is 12.3. The van der Waals surface area contributed by atoms with Gasteiger partial charge >= 0.3 is 0 Å². The molecule has 2 heterocycles. The minimum Gasteiger partial charge on any atom is -0.330 e. The van der Waals surface area contributed by atoms with Gasteiger partial charge < -0.3 is 5.73 Å². The van der Waals surface area contributed by atoms with Crippen molar-refractivity contribution in [3.05, 3.63) is 41.2 Å². The van der Waals surface area contributed by atoms with Crippen LogP contribution < -0.4 is 11.3 Å². The van der Waals surface area contributed by atoms with E-state index in [0.717, 1.165) is 6.42 Å². The molecular formula is C11H15N5O. The lowest BCUT2D eigenvalue weighted by molar-refractivity contribution is 0.441. The number of aromatic nitrogens is 4. The average Bonchev–Trinajstić information content (AvgIpc) is 2.83. The van der Waals surface area contributed by atoms with Gasteiger partial charge in [0.15, 0.2) is 5.82 Å². The van der Waals surface area contributed by atoms with Gasteiger partial charge in [0.1, 0.15) is 6.33 Å². The Balaban J connectivity index is 2.39. The molecule has 6 nitrogen and oxygen atoms in total. The Morgan fingerprint density at radius 2 is 2.29 bits per heavy atom. The third-order valence-corrected chi connectivity index (χ3v) is 2.58.